The van der Waals surface area contributed by atoms with Crippen molar-refractivity contribution >= 4 is 38.2 Å². The fraction of sp³-hybridized carbons (Fsp3) is 0.538. The third-order valence-corrected chi connectivity index (χ3v) is 9.25. The van der Waals surface area contributed by atoms with Crippen molar-refractivity contribution in [3.05, 3.63) is 45.8 Å². The van der Waals surface area contributed by atoms with Crippen molar-refractivity contribution in [1.29, 1.82) is 0 Å². The molecule has 1 aromatic carbocycles. The molecule has 0 bridgehead atoms. The second-order valence-corrected chi connectivity index (χ2v) is 12.5. The Kier molecular flexibility index (Phi) is 9.68. The zero-order chi connectivity index (χ0) is 26.5. The number of sulfonamides is 1. The average Bonchev–Trinajstić information content (AvgIpc) is 3.20. The third kappa shape index (κ3) is 6.16. The van der Waals surface area contributed by atoms with Gasteiger partial charge < -0.3 is 10.2 Å². The lowest BCUT2D eigenvalue weighted by Crippen LogP contribution is -2.35. The SMILES string of the molecule is CCCN1CCc2c(sc(NC(=O)c3ccc(S(=O)(=O)N(C)C)cc3)c2C(=O)N(CCC)CCC)C1. The second kappa shape index (κ2) is 12.3. The molecule has 0 saturated heterocycles. The lowest BCUT2D eigenvalue weighted by Gasteiger charge is -2.27. The van der Waals surface area contributed by atoms with Crippen LogP contribution in [-0.4, -0.2) is 74.6 Å². The predicted octanol–water partition coefficient (Wildman–Crippen LogP) is 4.28. The Hall–Kier alpha value is -2.27. The summed E-state index contributed by atoms with van der Waals surface area (Å²) < 4.78 is 25.9. The number of hydrogen-bond donors (Lipinski definition) is 1. The number of thiophene rings is 1. The minimum Gasteiger partial charge on any atom is -0.339 e. The Morgan fingerprint density at radius 1 is 1.03 bits per heavy atom. The summed E-state index contributed by atoms with van der Waals surface area (Å²) in [6.45, 7) is 10.3. The zero-order valence-electron chi connectivity index (χ0n) is 22.0. The van der Waals surface area contributed by atoms with E-state index in [0.717, 1.165) is 60.1 Å². The Bertz CT molecular complexity index is 1170. The summed E-state index contributed by atoms with van der Waals surface area (Å²) in [6, 6.07) is 5.87. The maximum absolute atomic E-state index is 13.7. The number of carbonyl (C=O) groups is 2. The number of rotatable bonds is 11. The Morgan fingerprint density at radius 3 is 2.22 bits per heavy atom. The number of nitrogens with zero attached hydrogens (tertiary/aromatic N) is 3. The number of carbonyl (C=O) groups excluding carboxylic acids is 2. The summed E-state index contributed by atoms with van der Waals surface area (Å²) in [5, 5.41) is 3.56. The van der Waals surface area contributed by atoms with Crippen LogP contribution in [0.1, 0.15) is 71.2 Å². The fourth-order valence-corrected chi connectivity index (χ4v) is 6.63. The minimum atomic E-state index is -3.58. The molecule has 1 aliphatic heterocycles. The Labute approximate surface area is 219 Å². The molecule has 0 saturated carbocycles. The molecular formula is C26H38N4O4S2. The van der Waals surface area contributed by atoms with Crippen molar-refractivity contribution in [3.63, 3.8) is 0 Å². The van der Waals surface area contributed by atoms with Gasteiger partial charge in [0.15, 0.2) is 0 Å². The molecule has 2 aromatic rings. The van der Waals surface area contributed by atoms with Crippen LogP contribution in [0.25, 0.3) is 0 Å². The van der Waals surface area contributed by atoms with Crippen molar-refractivity contribution in [3.8, 4) is 0 Å². The topological polar surface area (TPSA) is 90.0 Å². The highest BCUT2D eigenvalue weighted by atomic mass is 32.2. The largest absolute Gasteiger partial charge is 0.339 e. The van der Waals surface area contributed by atoms with Gasteiger partial charge in [-0.25, -0.2) is 12.7 Å². The van der Waals surface area contributed by atoms with E-state index in [-0.39, 0.29) is 16.7 Å². The van der Waals surface area contributed by atoms with E-state index >= 15 is 0 Å². The minimum absolute atomic E-state index is 0.0251. The van der Waals surface area contributed by atoms with Crippen LogP contribution in [0, 0.1) is 0 Å². The average molecular weight is 535 g/mol. The molecule has 2 amide bonds. The molecule has 0 atom stereocenters. The summed E-state index contributed by atoms with van der Waals surface area (Å²) >= 11 is 1.48. The molecule has 0 fully saturated rings. The van der Waals surface area contributed by atoms with Crippen LogP contribution in [0.2, 0.25) is 0 Å². The first-order valence-corrected chi connectivity index (χ1v) is 14.9. The van der Waals surface area contributed by atoms with Gasteiger partial charge in [-0.1, -0.05) is 20.8 Å². The van der Waals surface area contributed by atoms with Gasteiger partial charge in [-0.05, 0) is 62.1 Å². The van der Waals surface area contributed by atoms with E-state index in [2.05, 4.69) is 31.0 Å². The smallest absolute Gasteiger partial charge is 0.257 e. The fourth-order valence-electron chi connectivity index (χ4n) is 4.46. The highest BCUT2D eigenvalue weighted by Gasteiger charge is 2.31. The summed E-state index contributed by atoms with van der Waals surface area (Å²) in [4.78, 5) is 32.4. The summed E-state index contributed by atoms with van der Waals surface area (Å²) in [5.41, 5.74) is 2.01. The molecule has 1 N–H and O–H groups in total. The van der Waals surface area contributed by atoms with E-state index in [4.69, 9.17) is 0 Å². The molecule has 0 spiro atoms. The highest BCUT2D eigenvalue weighted by molar-refractivity contribution is 7.89. The van der Waals surface area contributed by atoms with Gasteiger partial charge in [0, 0.05) is 50.7 Å². The molecule has 2 heterocycles. The Balaban J connectivity index is 1.94. The van der Waals surface area contributed by atoms with Crippen LogP contribution in [0.3, 0.4) is 0 Å². The lowest BCUT2D eigenvalue weighted by atomic mass is 10.0. The van der Waals surface area contributed by atoms with Crippen LogP contribution in [0.15, 0.2) is 29.2 Å². The number of nitrogens with one attached hydrogen (secondary N) is 1. The normalized spacial score (nSPS) is 14.1. The molecule has 36 heavy (non-hydrogen) atoms. The molecule has 0 radical (unpaired) electrons. The van der Waals surface area contributed by atoms with Gasteiger partial charge >= 0.3 is 0 Å². The van der Waals surface area contributed by atoms with Crippen molar-refractivity contribution in [2.75, 3.05) is 45.6 Å². The van der Waals surface area contributed by atoms with Crippen molar-refractivity contribution in [2.45, 2.75) is 57.9 Å². The third-order valence-electron chi connectivity index (χ3n) is 6.29. The number of benzene rings is 1. The molecule has 10 heteroatoms. The van der Waals surface area contributed by atoms with Crippen molar-refractivity contribution in [2.24, 2.45) is 0 Å². The van der Waals surface area contributed by atoms with E-state index in [1.54, 1.807) is 0 Å². The molecule has 3 rings (SSSR count). The van der Waals surface area contributed by atoms with E-state index < -0.39 is 10.0 Å². The predicted molar refractivity (Wildman–Crippen MR) is 145 cm³/mol. The Morgan fingerprint density at radius 2 is 1.67 bits per heavy atom. The summed E-state index contributed by atoms with van der Waals surface area (Å²) in [7, 11) is -0.645. The monoisotopic (exact) mass is 534 g/mol. The number of hydrogen-bond acceptors (Lipinski definition) is 6. The van der Waals surface area contributed by atoms with Crippen LogP contribution in [0.5, 0.6) is 0 Å². The molecule has 8 nitrogen and oxygen atoms in total. The van der Waals surface area contributed by atoms with Gasteiger partial charge in [-0.15, -0.1) is 11.3 Å². The number of amides is 2. The summed E-state index contributed by atoms with van der Waals surface area (Å²) in [6.07, 6.45) is 3.58. The first-order chi connectivity index (χ1) is 17.1. The van der Waals surface area contributed by atoms with E-state index in [1.165, 1.54) is 49.7 Å². The zero-order valence-corrected chi connectivity index (χ0v) is 23.6. The van der Waals surface area contributed by atoms with Crippen LogP contribution >= 0.6 is 11.3 Å². The maximum atomic E-state index is 13.7. The quantitative estimate of drug-likeness (QED) is 0.465. The van der Waals surface area contributed by atoms with E-state index in [9.17, 15) is 18.0 Å². The van der Waals surface area contributed by atoms with Crippen LogP contribution < -0.4 is 5.32 Å². The molecule has 1 aromatic heterocycles. The molecule has 198 valence electrons. The van der Waals surface area contributed by atoms with Gasteiger partial charge in [0.1, 0.15) is 5.00 Å². The highest BCUT2D eigenvalue weighted by Crippen LogP contribution is 2.38. The second-order valence-electron chi connectivity index (χ2n) is 9.29. The van der Waals surface area contributed by atoms with Gasteiger partial charge in [-0.2, -0.15) is 0 Å². The van der Waals surface area contributed by atoms with Crippen LogP contribution in [0.4, 0.5) is 5.00 Å². The first-order valence-electron chi connectivity index (χ1n) is 12.6. The van der Waals surface area contributed by atoms with Gasteiger partial charge in [0.05, 0.1) is 10.5 Å². The van der Waals surface area contributed by atoms with Crippen molar-refractivity contribution in [1.82, 2.24) is 14.1 Å². The maximum Gasteiger partial charge on any atom is 0.257 e. The molecule has 0 unspecified atom stereocenters. The first kappa shape index (κ1) is 28.3. The van der Waals surface area contributed by atoms with Gasteiger partial charge in [-0.3, -0.25) is 14.5 Å². The van der Waals surface area contributed by atoms with Crippen molar-refractivity contribution < 1.29 is 18.0 Å². The molecule has 1 aliphatic rings. The lowest BCUT2D eigenvalue weighted by molar-refractivity contribution is 0.0755. The van der Waals surface area contributed by atoms with Gasteiger partial charge in [0.2, 0.25) is 10.0 Å². The number of anilines is 1. The standard InChI is InChI=1S/C26H38N4O4S2/c1-6-14-29-17-13-21-22(18-29)35-25(23(21)26(32)30(15-7-2)16-8-3)27-24(31)19-9-11-20(12-10-19)36(33,34)28(4)5/h9-12H,6-8,13-18H2,1-5H3,(H,27,31). The number of fused-ring (bicyclic) bond motifs is 1. The molecule has 0 aliphatic carbocycles. The van der Waals surface area contributed by atoms with Crippen LogP contribution in [-0.2, 0) is 23.0 Å². The summed E-state index contributed by atoms with van der Waals surface area (Å²) in [5.74, 6) is -0.387. The molecular weight excluding hydrogens is 496 g/mol. The van der Waals surface area contributed by atoms with Gasteiger partial charge in [0.25, 0.3) is 11.8 Å². The van der Waals surface area contributed by atoms with E-state index in [1.807, 2.05) is 4.90 Å². The van der Waals surface area contributed by atoms with E-state index in [0.29, 0.717) is 29.2 Å².